The number of hydrogen-bond acceptors (Lipinski definition) is 7. The number of benzene rings is 1. The SMILES string of the molecule is CCC(C)N1C(=O)C(=Cc2c(N3CCN(c4ccccc4F)CC3)nc3ccc(C)cn3c2=O)SC1=S. The van der Waals surface area contributed by atoms with E-state index in [-0.39, 0.29) is 23.3 Å². The summed E-state index contributed by atoms with van der Waals surface area (Å²) in [7, 11) is 0. The van der Waals surface area contributed by atoms with E-state index in [4.69, 9.17) is 17.2 Å². The minimum absolute atomic E-state index is 0.0252. The second kappa shape index (κ2) is 10.3. The van der Waals surface area contributed by atoms with Gasteiger partial charge in [-0.15, -0.1) is 0 Å². The van der Waals surface area contributed by atoms with Crippen molar-refractivity contribution in [2.75, 3.05) is 36.0 Å². The zero-order valence-corrected chi connectivity index (χ0v) is 22.6. The zero-order valence-electron chi connectivity index (χ0n) is 21.0. The Morgan fingerprint density at radius 1 is 1.11 bits per heavy atom. The minimum Gasteiger partial charge on any atom is -0.366 e. The topological polar surface area (TPSA) is 61.2 Å². The molecule has 1 unspecified atom stereocenters. The van der Waals surface area contributed by atoms with Crippen molar-refractivity contribution >= 4 is 57.4 Å². The highest BCUT2D eigenvalue weighted by Crippen LogP contribution is 2.35. The van der Waals surface area contributed by atoms with Gasteiger partial charge in [-0.2, -0.15) is 0 Å². The maximum atomic E-state index is 14.4. The number of amides is 1. The van der Waals surface area contributed by atoms with Gasteiger partial charge in [0.2, 0.25) is 0 Å². The third-order valence-corrected chi connectivity index (χ3v) is 8.22. The van der Waals surface area contributed by atoms with Crippen LogP contribution in [0.1, 0.15) is 31.4 Å². The molecular weight excluding hydrogens is 509 g/mol. The van der Waals surface area contributed by atoms with Gasteiger partial charge in [0.1, 0.15) is 21.6 Å². The summed E-state index contributed by atoms with van der Waals surface area (Å²) in [6.07, 6.45) is 4.17. The lowest BCUT2D eigenvalue weighted by Crippen LogP contribution is -2.47. The van der Waals surface area contributed by atoms with E-state index in [0.29, 0.717) is 58.1 Å². The van der Waals surface area contributed by atoms with E-state index in [1.54, 1.807) is 29.3 Å². The van der Waals surface area contributed by atoms with Crippen LogP contribution in [0.2, 0.25) is 0 Å². The Kier molecular flexibility index (Phi) is 7.04. The number of carbonyl (C=O) groups excluding carboxylic acids is 1. The number of pyridine rings is 1. The van der Waals surface area contributed by atoms with Crippen LogP contribution in [0.15, 0.2) is 52.3 Å². The highest BCUT2D eigenvalue weighted by atomic mass is 32.2. The van der Waals surface area contributed by atoms with Crippen LogP contribution in [0.25, 0.3) is 11.7 Å². The van der Waals surface area contributed by atoms with Crippen molar-refractivity contribution in [3.63, 3.8) is 0 Å². The standard InChI is InChI=1S/C27H28FN5O2S2/c1-4-18(3)33-26(35)22(37-27(33)36)15-19-24(29-23-10-9-17(2)16-32(23)25(19)34)31-13-11-30(12-14-31)21-8-6-5-7-20(21)28/h5-10,15-16,18H,4,11-14H2,1-3H3. The summed E-state index contributed by atoms with van der Waals surface area (Å²) in [5.74, 6) is 0.0849. The predicted octanol–water partition coefficient (Wildman–Crippen LogP) is 4.47. The molecule has 3 aromatic rings. The van der Waals surface area contributed by atoms with Gasteiger partial charge in [-0.1, -0.05) is 49.1 Å². The van der Waals surface area contributed by atoms with Crippen molar-refractivity contribution in [2.24, 2.45) is 0 Å². The Labute approximate surface area is 224 Å². The number of thioether (sulfide) groups is 1. The number of hydrogen-bond donors (Lipinski definition) is 0. The number of aryl methyl sites for hydroxylation is 1. The molecule has 7 nitrogen and oxygen atoms in total. The molecule has 0 saturated carbocycles. The van der Waals surface area contributed by atoms with E-state index < -0.39 is 0 Å². The molecule has 192 valence electrons. The van der Waals surface area contributed by atoms with Gasteiger partial charge in [-0.25, -0.2) is 9.37 Å². The molecule has 2 saturated heterocycles. The molecule has 2 aliphatic heterocycles. The summed E-state index contributed by atoms with van der Waals surface area (Å²) >= 11 is 6.71. The average molecular weight is 538 g/mol. The van der Waals surface area contributed by atoms with Gasteiger partial charge in [0, 0.05) is 38.4 Å². The fourth-order valence-corrected chi connectivity index (χ4v) is 6.10. The second-order valence-electron chi connectivity index (χ2n) is 9.32. The molecule has 37 heavy (non-hydrogen) atoms. The van der Waals surface area contributed by atoms with Crippen LogP contribution in [0.4, 0.5) is 15.9 Å². The van der Waals surface area contributed by atoms with Crippen LogP contribution in [0.3, 0.4) is 0 Å². The monoisotopic (exact) mass is 537 g/mol. The number of fused-ring (bicyclic) bond motifs is 1. The zero-order chi connectivity index (χ0) is 26.3. The van der Waals surface area contributed by atoms with Crippen molar-refractivity contribution in [3.8, 4) is 0 Å². The Balaban J connectivity index is 1.55. The lowest BCUT2D eigenvalue weighted by molar-refractivity contribution is -0.123. The quantitative estimate of drug-likeness (QED) is 0.352. The number of aromatic nitrogens is 2. The first-order chi connectivity index (χ1) is 17.8. The minimum atomic E-state index is -0.252. The molecule has 1 atom stereocenters. The molecule has 0 spiro atoms. The van der Waals surface area contributed by atoms with Crippen molar-refractivity contribution in [1.82, 2.24) is 14.3 Å². The molecule has 0 radical (unpaired) electrons. The van der Waals surface area contributed by atoms with Gasteiger partial charge in [-0.3, -0.25) is 18.9 Å². The Morgan fingerprint density at radius 3 is 2.51 bits per heavy atom. The summed E-state index contributed by atoms with van der Waals surface area (Å²) < 4.78 is 16.4. The van der Waals surface area contributed by atoms with Gasteiger partial charge in [-0.05, 0) is 50.1 Å². The molecule has 2 aromatic heterocycles. The number of nitrogens with zero attached hydrogens (tertiary/aromatic N) is 5. The van der Waals surface area contributed by atoms with E-state index in [9.17, 15) is 14.0 Å². The maximum Gasteiger partial charge on any atom is 0.267 e. The lowest BCUT2D eigenvalue weighted by Gasteiger charge is -2.37. The molecule has 0 N–H and O–H groups in total. The summed E-state index contributed by atoms with van der Waals surface area (Å²) in [5, 5.41) is 0. The Hall–Kier alpha value is -3.24. The van der Waals surface area contributed by atoms with Gasteiger partial charge in [0.15, 0.2) is 0 Å². The normalized spacial score (nSPS) is 18.4. The summed E-state index contributed by atoms with van der Waals surface area (Å²) in [4.78, 5) is 37.9. The molecule has 5 rings (SSSR count). The van der Waals surface area contributed by atoms with Gasteiger partial charge < -0.3 is 9.80 Å². The molecule has 0 bridgehead atoms. The van der Waals surface area contributed by atoms with E-state index in [0.717, 1.165) is 12.0 Å². The first-order valence-corrected chi connectivity index (χ1v) is 13.6. The lowest BCUT2D eigenvalue weighted by atomic mass is 10.2. The predicted molar refractivity (Wildman–Crippen MR) is 152 cm³/mol. The van der Waals surface area contributed by atoms with Crippen LogP contribution in [0, 0.1) is 12.7 Å². The summed E-state index contributed by atoms with van der Waals surface area (Å²) in [6.45, 7) is 8.14. The Morgan fingerprint density at radius 2 is 1.81 bits per heavy atom. The molecule has 2 aliphatic rings. The largest absolute Gasteiger partial charge is 0.366 e. The number of para-hydroxylation sites is 1. The van der Waals surface area contributed by atoms with Crippen LogP contribution in [0.5, 0.6) is 0 Å². The Bertz CT molecular complexity index is 1480. The fourth-order valence-electron chi connectivity index (χ4n) is 4.66. The summed E-state index contributed by atoms with van der Waals surface area (Å²) in [6, 6.07) is 10.5. The first kappa shape index (κ1) is 25.4. The molecule has 1 aromatic carbocycles. The molecule has 0 aliphatic carbocycles. The number of anilines is 2. The van der Waals surface area contributed by atoms with Crippen molar-refractivity contribution in [2.45, 2.75) is 33.2 Å². The highest BCUT2D eigenvalue weighted by Gasteiger charge is 2.35. The average Bonchev–Trinajstić information content (AvgIpc) is 3.18. The first-order valence-electron chi connectivity index (χ1n) is 12.3. The molecule has 4 heterocycles. The van der Waals surface area contributed by atoms with Gasteiger partial charge in [0.05, 0.1) is 16.2 Å². The van der Waals surface area contributed by atoms with E-state index >= 15 is 0 Å². The van der Waals surface area contributed by atoms with E-state index in [1.165, 1.54) is 22.2 Å². The number of piperazine rings is 1. The number of halogens is 1. The van der Waals surface area contributed by atoms with Crippen molar-refractivity contribution < 1.29 is 9.18 Å². The van der Waals surface area contributed by atoms with E-state index in [2.05, 4.69) is 0 Å². The molecule has 10 heteroatoms. The fraction of sp³-hybridized carbons (Fsp3) is 0.333. The third-order valence-electron chi connectivity index (χ3n) is 6.89. The van der Waals surface area contributed by atoms with Crippen LogP contribution in [-0.2, 0) is 4.79 Å². The number of carbonyl (C=O) groups is 1. The highest BCUT2D eigenvalue weighted by molar-refractivity contribution is 8.26. The molecular formula is C27H28FN5O2S2. The molecule has 1 amide bonds. The van der Waals surface area contributed by atoms with Crippen LogP contribution < -0.4 is 15.4 Å². The second-order valence-corrected chi connectivity index (χ2v) is 11.0. The number of thiocarbonyl (C=S) groups is 1. The van der Waals surface area contributed by atoms with Gasteiger partial charge in [0.25, 0.3) is 11.5 Å². The van der Waals surface area contributed by atoms with Crippen molar-refractivity contribution in [1.29, 1.82) is 0 Å². The van der Waals surface area contributed by atoms with Crippen molar-refractivity contribution in [3.05, 3.63) is 74.8 Å². The number of rotatable bonds is 5. The van der Waals surface area contributed by atoms with Crippen LogP contribution >= 0.6 is 24.0 Å². The van der Waals surface area contributed by atoms with E-state index in [1.807, 2.05) is 48.8 Å². The maximum absolute atomic E-state index is 14.4. The molecule has 2 fully saturated rings. The third kappa shape index (κ3) is 4.75. The smallest absolute Gasteiger partial charge is 0.267 e. The summed E-state index contributed by atoms with van der Waals surface area (Å²) in [5.41, 5.74) is 2.14. The van der Waals surface area contributed by atoms with Crippen LogP contribution in [-0.4, -0.2) is 56.7 Å². The van der Waals surface area contributed by atoms with Gasteiger partial charge >= 0.3 is 0 Å².